The highest BCUT2D eigenvalue weighted by molar-refractivity contribution is 5.89. The van der Waals surface area contributed by atoms with Gasteiger partial charge >= 0.3 is 6.09 Å². The number of carbonyl (C=O) groups is 1. The molecule has 0 aliphatic rings. The van der Waals surface area contributed by atoms with Crippen LogP contribution in [0.25, 0.3) is 27.8 Å². The van der Waals surface area contributed by atoms with Gasteiger partial charge in [-0.15, -0.1) is 0 Å². The number of rotatable bonds is 12. The minimum Gasteiger partial charge on any atom is -0.449 e. The van der Waals surface area contributed by atoms with E-state index in [4.69, 9.17) is 9.72 Å². The van der Waals surface area contributed by atoms with E-state index in [0.29, 0.717) is 18.4 Å². The molecule has 1 unspecified atom stereocenters. The highest BCUT2D eigenvalue weighted by atomic mass is 16.5. The van der Waals surface area contributed by atoms with Crippen molar-refractivity contribution in [3.05, 3.63) is 83.2 Å². The van der Waals surface area contributed by atoms with Gasteiger partial charge in [0.25, 0.3) is 0 Å². The molecule has 2 heterocycles. The van der Waals surface area contributed by atoms with Crippen molar-refractivity contribution in [2.75, 3.05) is 6.61 Å². The number of nitrogens with zero attached hydrogens (tertiary/aromatic N) is 2. The number of aryl methyl sites for hydroxylation is 1. The lowest BCUT2D eigenvalue weighted by molar-refractivity contribution is 0.122. The minimum atomic E-state index is -0.345. The molecule has 2 aromatic carbocycles. The molecule has 2 aromatic heterocycles. The molecule has 1 atom stereocenters. The lowest BCUT2D eigenvalue weighted by atomic mass is 9.89. The molecule has 1 N–H and O–H groups in total. The molecule has 0 radical (unpaired) electrons. The zero-order chi connectivity index (χ0) is 30.4. The van der Waals surface area contributed by atoms with Gasteiger partial charge in [0.05, 0.1) is 24.0 Å². The molecule has 5 heteroatoms. The van der Waals surface area contributed by atoms with E-state index in [0.717, 1.165) is 42.6 Å². The number of hydrogen-bond acceptors (Lipinski definition) is 3. The number of hydrogen-bond donors (Lipinski definition) is 1. The predicted octanol–water partition coefficient (Wildman–Crippen LogP) is 9.60. The zero-order valence-electron chi connectivity index (χ0n) is 26.8. The van der Waals surface area contributed by atoms with E-state index in [1.54, 1.807) is 0 Å². The number of amides is 1. The highest BCUT2D eigenvalue weighted by Crippen LogP contribution is 2.36. The van der Waals surface area contributed by atoms with Crippen LogP contribution in [0, 0.1) is 5.92 Å². The van der Waals surface area contributed by atoms with Crippen LogP contribution in [-0.2, 0) is 17.6 Å². The zero-order valence-corrected chi connectivity index (χ0v) is 26.8. The van der Waals surface area contributed by atoms with Crippen molar-refractivity contribution in [1.82, 2.24) is 14.9 Å². The molecule has 1 amide bonds. The lowest BCUT2D eigenvalue weighted by Crippen LogP contribution is -2.32. The van der Waals surface area contributed by atoms with Gasteiger partial charge in [0.1, 0.15) is 0 Å². The number of aromatic nitrogens is 2. The highest BCUT2D eigenvalue weighted by Gasteiger charge is 2.20. The molecule has 0 fully saturated rings. The predicted molar refractivity (Wildman–Crippen MR) is 176 cm³/mol. The van der Waals surface area contributed by atoms with Gasteiger partial charge in [-0.25, -0.2) is 4.79 Å². The molecule has 0 aliphatic carbocycles. The number of alkyl carbamates (subject to hydrolysis) is 1. The van der Waals surface area contributed by atoms with Crippen LogP contribution >= 0.6 is 0 Å². The summed E-state index contributed by atoms with van der Waals surface area (Å²) in [5, 5.41) is 4.06. The molecule has 0 saturated carbocycles. The smallest absolute Gasteiger partial charge is 0.407 e. The summed E-state index contributed by atoms with van der Waals surface area (Å²) in [6.07, 6.45) is 7.77. The average molecular weight is 568 g/mol. The van der Waals surface area contributed by atoms with Crippen molar-refractivity contribution < 1.29 is 9.53 Å². The maximum Gasteiger partial charge on any atom is 0.407 e. The summed E-state index contributed by atoms with van der Waals surface area (Å²) in [5.74, 6) is 1.10. The fourth-order valence-corrected chi connectivity index (χ4v) is 5.87. The van der Waals surface area contributed by atoms with Crippen LogP contribution < -0.4 is 5.32 Å². The minimum absolute atomic E-state index is 0.0508. The second-order valence-corrected chi connectivity index (χ2v) is 12.5. The van der Waals surface area contributed by atoms with Crippen molar-refractivity contribution in [2.45, 2.75) is 99.0 Å². The Labute approximate surface area is 252 Å². The molecule has 4 aromatic rings. The standard InChI is InChI=1S/C37H49N3O2/c1-9-12-27(23-42-37(41)39-26(7)8)19-30-22-40(31-17-15-29(16-18-31)24(3)4)35-21-38-34(20-33(30)35)36-28(10-2)13-11-14-32(36)25(5)6/h11,13-18,20-22,24-27H,9-10,12,19,23H2,1-8H3,(H,39,41). The molecule has 42 heavy (non-hydrogen) atoms. The number of nitrogens with one attached hydrogen (secondary N) is 1. The van der Waals surface area contributed by atoms with Crippen molar-refractivity contribution in [2.24, 2.45) is 5.92 Å². The van der Waals surface area contributed by atoms with Crippen molar-refractivity contribution in [3.8, 4) is 16.9 Å². The quantitative estimate of drug-likeness (QED) is 0.185. The van der Waals surface area contributed by atoms with Gasteiger partial charge in [-0.3, -0.25) is 4.98 Å². The van der Waals surface area contributed by atoms with Crippen LogP contribution in [0.3, 0.4) is 0 Å². The third-order valence-electron chi connectivity index (χ3n) is 8.12. The van der Waals surface area contributed by atoms with E-state index in [2.05, 4.69) is 106 Å². The van der Waals surface area contributed by atoms with Gasteiger partial charge in [-0.05, 0) is 91.3 Å². The van der Waals surface area contributed by atoms with Crippen molar-refractivity contribution in [3.63, 3.8) is 0 Å². The van der Waals surface area contributed by atoms with E-state index in [1.165, 1.54) is 33.2 Å². The fraction of sp³-hybridized carbons (Fsp3) is 0.459. The first-order valence-electron chi connectivity index (χ1n) is 15.8. The van der Waals surface area contributed by atoms with Gasteiger partial charge in [0.2, 0.25) is 0 Å². The second kappa shape index (κ2) is 14.0. The summed E-state index contributed by atoms with van der Waals surface area (Å²) in [6, 6.07) is 17.8. The first-order chi connectivity index (χ1) is 20.1. The Kier molecular flexibility index (Phi) is 10.5. The Morgan fingerprint density at radius 2 is 1.69 bits per heavy atom. The van der Waals surface area contributed by atoms with Crippen molar-refractivity contribution in [1.29, 1.82) is 0 Å². The van der Waals surface area contributed by atoms with E-state index in [1.807, 2.05) is 20.0 Å². The van der Waals surface area contributed by atoms with Gasteiger partial charge in [-0.1, -0.05) is 78.3 Å². The molecule has 4 rings (SSSR count). The average Bonchev–Trinajstić information content (AvgIpc) is 3.32. The topological polar surface area (TPSA) is 56.1 Å². The summed E-state index contributed by atoms with van der Waals surface area (Å²) >= 11 is 0. The van der Waals surface area contributed by atoms with Crippen LogP contribution in [0.4, 0.5) is 4.79 Å². The van der Waals surface area contributed by atoms with Gasteiger partial charge in [0, 0.05) is 28.9 Å². The van der Waals surface area contributed by atoms with E-state index in [9.17, 15) is 4.79 Å². The largest absolute Gasteiger partial charge is 0.449 e. The molecule has 0 saturated heterocycles. The number of carbonyl (C=O) groups excluding carboxylic acids is 1. The van der Waals surface area contributed by atoms with Crippen LogP contribution in [0.2, 0.25) is 0 Å². The molecule has 0 aliphatic heterocycles. The number of fused-ring (bicyclic) bond motifs is 1. The first kappa shape index (κ1) is 31.3. The molecule has 0 bridgehead atoms. The van der Waals surface area contributed by atoms with E-state index >= 15 is 0 Å². The summed E-state index contributed by atoms with van der Waals surface area (Å²) in [7, 11) is 0. The Morgan fingerprint density at radius 1 is 0.952 bits per heavy atom. The molecular formula is C37H49N3O2. The van der Waals surface area contributed by atoms with Crippen LogP contribution in [0.1, 0.15) is 102 Å². The molecule has 5 nitrogen and oxygen atoms in total. The first-order valence-corrected chi connectivity index (χ1v) is 15.8. The normalized spacial score (nSPS) is 12.5. The summed E-state index contributed by atoms with van der Waals surface area (Å²) < 4.78 is 7.95. The second-order valence-electron chi connectivity index (χ2n) is 12.5. The number of pyridine rings is 1. The van der Waals surface area contributed by atoms with Crippen LogP contribution in [0.15, 0.2) is 60.9 Å². The Balaban J connectivity index is 1.82. The number of ether oxygens (including phenoxy) is 1. The van der Waals surface area contributed by atoms with Crippen LogP contribution in [-0.4, -0.2) is 28.3 Å². The van der Waals surface area contributed by atoms with Gasteiger partial charge < -0.3 is 14.6 Å². The third kappa shape index (κ3) is 7.24. The SMILES string of the molecule is CCCC(COC(=O)NC(C)C)Cc1cn(-c2ccc(C(C)C)cc2)c2cnc(-c3c(CC)cccc3C(C)C)cc12. The Hall–Kier alpha value is -3.60. The lowest BCUT2D eigenvalue weighted by Gasteiger charge is -2.18. The Bertz CT molecular complexity index is 1480. The van der Waals surface area contributed by atoms with Crippen molar-refractivity contribution >= 4 is 17.0 Å². The molecular weight excluding hydrogens is 518 g/mol. The summed E-state index contributed by atoms with van der Waals surface area (Å²) in [6.45, 7) is 17.7. The van der Waals surface area contributed by atoms with Gasteiger partial charge in [0.15, 0.2) is 0 Å². The molecule has 224 valence electrons. The third-order valence-corrected chi connectivity index (χ3v) is 8.12. The van der Waals surface area contributed by atoms with Gasteiger partial charge in [-0.2, -0.15) is 0 Å². The Morgan fingerprint density at radius 3 is 2.31 bits per heavy atom. The molecule has 0 spiro atoms. The van der Waals surface area contributed by atoms with Crippen LogP contribution in [0.5, 0.6) is 0 Å². The fourth-order valence-electron chi connectivity index (χ4n) is 5.87. The maximum atomic E-state index is 12.3. The van der Waals surface area contributed by atoms with E-state index < -0.39 is 0 Å². The summed E-state index contributed by atoms with van der Waals surface area (Å²) in [5.41, 5.74) is 9.75. The number of benzene rings is 2. The monoisotopic (exact) mass is 567 g/mol. The van der Waals surface area contributed by atoms with E-state index in [-0.39, 0.29) is 18.1 Å². The maximum absolute atomic E-state index is 12.3. The summed E-state index contributed by atoms with van der Waals surface area (Å²) in [4.78, 5) is 17.4.